The largest absolute Gasteiger partial charge is 1.00 e. The Morgan fingerprint density at radius 1 is 1.15 bits per heavy atom. The summed E-state index contributed by atoms with van der Waals surface area (Å²) in [4.78, 5) is 18.8. The Labute approximate surface area is 202 Å². The predicted molar refractivity (Wildman–Crippen MR) is 100 cm³/mol. The fourth-order valence-corrected chi connectivity index (χ4v) is 2.83. The summed E-state index contributed by atoms with van der Waals surface area (Å²) in [6, 6.07) is 7.65. The molecule has 0 amide bonds. The first-order chi connectivity index (χ1) is 12.2. The first-order valence-electron chi connectivity index (χ1n) is 8.86. The van der Waals surface area contributed by atoms with Gasteiger partial charge in [0, 0.05) is 25.5 Å². The minimum absolute atomic E-state index is 0. The zero-order valence-corrected chi connectivity index (χ0v) is 20.0. The quantitative estimate of drug-likeness (QED) is 0.353. The van der Waals surface area contributed by atoms with Crippen LogP contribution in [-0.2, 0) is 7.05 Å². The maximum atomic E-state index is 12.3. The number of para-hydroxylation sites is 1. The van der Waals surface area contributed by atoms with E-state index in [1.807, 2.05) is 24.3 Å². The van der Waals surface area contributed by atoms with Crippen LogP contribution >= 0.6 is 0 Å². The summed E-state index contributed by atoms with van der Waals surface area (Å²) in [7, 11) is 1.67. The molecule has 1 aliphatic rings. The fraction of sp³-hybridized carbons (Fsp3) is 0.526. The summed E-state index contributed by atoms with van der Waals surface area (Å²) >= 11 is 0. The van der Waals surface area contributed by atoms with Crippen LogP contribution in [0.25, 0.3) is 10.9 Å². The third-order valence-electron chi connectivity index (χ3n) is 3.96. The van der Waals surface area contributed by atoms with Gasteiger partial charge in [-0.05, 0) is 31.4 Å². The Morgan fingerprint density at radius 3 is 2.26 bits per heavy atom. The van der Waals surface area contributed by atoms with Crippen molar-refractivity contribution in [2.75, 3.05) is 18.0 Å². The molecule has 1 saturated heterocycles. The number of rotatable bonds is 1. The molecule has 0 atom stereocenters. The van der Waals surface area contributed by atoms with Gasteiger partial charge in [-0.25, -0.2) is 4.98 Å². The summed E-state index contributed by atoms with van der Waals surface area (Å²) < 4.78 is 1.48. The molecule has 0 bridgehead atoms. The van der Waals surface area contributed by atoms with Crippen molar-refractivity contribution in [1.29, 1.82) is 0 Å². The molecule has 1 aliphatic heterocycles. The van der Waals surface area contributed by atoms with E-state index in [0.29, 0.717) is 0 Å². The first-order valence-corrected chi connectivity index (χ1v) is 8.86. The van der Waals surface area contributed by atoms with Gasteiger partial charge in [0.2, 0.25) is 0 Å². The minimum atomic E-state index is -0.750. The van der Waals surface area contributed by atoms with Crippen LogP contribution < -0.4 is 72.4 Å². The molecule has 7 nitrogen and oxygen atoms in total. The molecule has 0 spiro atoms. The number of aromatic nitrogens is 2. The van der Waals surface area contributed by atoms with Gasteiger partial charge < -0.3 is 19.8 Å². The molecule has 2 heterocycles. The number of piperidine rings is 1. The number of fused-ring (bicyclic) bond motifs is 1. The summed E-state index contributed by atoms with van der Waals surface area (Å²) in [5, 5.41) is 23.2. The third-order valence-corrected chi connectivity index (χ3v) is 3.96. The van der Waals surface area contributed by atoms with Crippen molar-refractivity contribution in [2.24, 2.45) is 12.2 Å². The Balaban J connectivity index is 0.000000542. The average Bonchev–Trinajstić information content (AvgIpc) is 2.71. The van der Waals surface area contributed by atoms with E-state index in [0.717, 1.165) is 42.7 Å². The molecule has 0 unspecified atom stereocenters. The van der Waals surface area contributed by atoms with Crippen molar-refractivity contribution in [3.8, 4) is 0 Å². The van der Waals surface area contributed by atoms with Gasteiger partial charge in [0.1, 0.15) is 5.82 Å². The van der Waals surface area contributed by atoms with Crippen LogP contribution in [0.3, 0.4) is 0 Å². The standard InChI is InChI=1S/C15H18N4O2.C4H9O.K/c1-18-12-8-4-3-7-11(12)14(16-13(17-21)15(18)20)19-9-5-2-6-10-19;1-4(2,3)5;/h3-4,7-8,21H,2,5-6,9-10H2,1H3;1-3H3;/q;-1;+1. The number of hydrogen-bond acceptors (Lipinski definition) is 6. The molecule has 0 saturated carbocycles. The summed E-state index contributed by atoms with van der Waals surface area (Å²) in [6.07, 6.45) is 3.43. The van der Waals surface area contributed by atoms with E-state index in [2.05, 4.69) is 15.0 Å². The second kappa shape index (κ2) is 10.7. The van der Waals surface area contributed by atoms with E-state index in [4.69, 9.17) is 5.21 Å². The monoisotopic (exact) mass is 398 g/mol. The smallest absolute Gasteiger partial charge is 0.850 e. The van der Waals surface area contributed by atoms with Crippen LogP contribution in [0.5, 0.6) is 0 Å². The summed E-state index contributed by atoms with van der Waals surface area (Å²) in [6.45, 7) is 6.71. The van der Waals surface area contributed by atoms with Crippen LogP contribution in [0.15, 0.2) is 34.2 Å². The number of aryl methyl sites for hydroxylation is 1. The van der Waals surface area contributed by atoms with Gasteiger partial charge in [0.05, 0.1) is 5.52 Å². The Kier molecular flexibility index (Phi) is 9.60. The number of nitrogens with zero attached hydrogens (tertiary/aromatic N) is 4. The topological polar surface area (TPSA) is 93.8 Å². The fourth-order valence-electron chi connectivity index (χ4n) is 2.83. The first kappa shape index (κ1) is 24.3. The second-order valence-electron chi connectivity index (χ2n) is 7.40. The second-order valence-corrected chi connectivity index (χ2v) is 7.40. The van der Waals surface area contributed by atoms with Gasteiger partial charge in [-0.15, -0.1) is 5.60 Å². The molecule has 3 rings (SSSR count). The van der Waals surface area contributed by atoms with Gasteiger partial charge in [-0.2, -0.15) is 0 Å². The van der Waals surface area contributed by atoms with Crippen molar-refractivity contribution in [1.82, 2.24) is 9.55 Å². The van der Waals surface area contributed by atoms with Crippen molar-refractivity contribution >= 4 is 16.7 Å². The van der Waals surface area contributed by atoms with Gasteiger partial charge in [-0.1, -0.05) is 38.1 Å². The number of benzene rings is 1. The minimum Gasteiger partial charge on any atom is -0.850 e. The third kappa shape index (κ3) is 6.96. The van der Waals surface area contributed by atoms with E-state index in [1.165, 1.54) is 11.0 Å². The maximum absolute atomic E-state index is 12.3. The number of hydrogen-bond donors (Lipinski definition) is 1. The van der Waals surface area contributed by atoms with Gasteiger partial charge >= 0.3 is 51.4 Å². The molecule has 27 heavy (non-hydrogen) atoms. The van der Waals surface area contributed by atoms with E-state index in [-0.39, 0.29) is 56.9 Å². The van der Waals surface area contributed by atoms with Crippen molar-refractivity contribution in [3.05, 3.63) is 40.1 Å². The van der Waals surface area contributed by atoms with E-state index in [1.54, 1.807) is 27.8 Å². The molecule has 0 aliphatic carbocycles. The van der Waals surface area contributed by atoms with Crippen molar-refractivity contribution in [3.63, 3.8) is 0 Å². The molecule has 1 aromatic carbocycles. The zero-order valence-electron chi connectivity index (χ0n) is 16.9. The summed E-state index contributed by atoms with van der Waals surface area (Å²) in [5.41, 5.74) is -0.545. The van der Waals surface area contributed by atoms with Crippen LogP contribution in [-0.4, -0.2) is 33.4 Å². The molecule has 2 aromatic rings. The van der Waals surface area contributed by atoms with Gasteiger partial charge in [-0.3, -0.25) is 4.79 Å². The number of anilines is 1. The Morgan fingerprint density at radius 2 is 1.70 bits per heavy atom. The molecule has 1 N–H and O–H groups in total. The van der Waals surface area contributed by atoms with E-state index in [9.17, 15) is 9.90 Å². The van der Waals surface area contributed by atoms with E-state index < -0.39 is 11.2 Å². The SMILES string of the molecule is CC(C)(C)[O-].Cn1c(=O)c(=NO)nc(N2CCCCC2)c2ccccc21.[K+]. The normalized spacial score (nSPS) is 15.0. The van der Waals surface area contributed by atoms with Crippen molar-refractivity contribution < 1.29 is 61.7 Å². The van der Waals surface area contributed by atoms with Gasteiger partial charge in [0.25, 0.3) is 11.0 Å². The van der Waals surface area contributed by atoms with E-state index >= 15 is 0 Å². The predicted octanol–water partition coefficient (Wildman–Crippen LogP) is -1.64. The molecule has 0 radical (unpaired) electrons. The van der Waals surface area contributed by atoms with Crippen LogP contribution in [0.4, 0.5) is 5.82 Å². The zero-order chi connectivity index (χ0) is 19.3. The molecule has 142 valence electrons. The van der Waals surface area contributed by atoms with Gasteiger partial charge in [0.15, 0.2) is 0 Å². The molecule has 1 aromatic heterocycles. The molecular formula is C19H27KN4O3. The van der Waals surface area contributed by atoms with Crippen LogP contribution in [0.1, 0.15) is 40.0 Å². The van der Waals surface area contributed by atoms with Crippen LogP contribution in [0.2, 0.25) is 0 Å². The average molecular weight is 399 g/mol. The molecule has 8 heteroatoms. The maximum Gasteiger partial charge on any atom is 1.00 e. The van der Waals surface area contributed by atoms with Crippen LogP contribution in [0, 0.1) is 0 Å². The molecular weight excluding hydrogens is 371 g/mol. The summed E-state index contributed by atoms with van der Waals surface area (Å²) in [5.74, 6) is 0.718. The Bertz CT molecular complexity index is 879. The Hall–Kier alpha value is -0.774. The molecule has 1 fully saturated rings. The van der Waals surface area contributed by atoms with Crippen molar-refractivity contribution in [2.45, 2.75) is 45.6 Å².